The maximum atomic E-state index is 12.0. The predicted molar refractivity (Wildman–Crippen MR) is 88.0 cm³/mol. The van der Waals surface area contributed by atoms with Gasteiger partial charge in [-0.25, -0.2) is 0 Å². The molecule has 0 spiro atoms. The van der Waals surface area contributed by atoms with E-state index in [4.69, 9.17) is 19.9 Å². The van der Waals surface area contributed by atoms with E-state index in [0.29, 0.717) is 30.4 Å². The molecule has 0 radical (unpaired) electrons. The van der Waals surface area contributed by atoms with Crippen molar-refractivity contribution in [3.05, 3.63) is 18.2 Å². The molecule has 1 aromatic carbocycles. The van der Waals surface area contributed by atoms with Gasteiger partial charge in [0.2, 0.25) is 5.91 Å². The van der Waals surface area contributed by atoms with Crippen molar-refractivity contribution in [2.24, 2.45) is 11.7 Å². The minimum Gasteiger partial charge on any atom is -0.496 e. The van der Waals surface area contributed by atoms with Gasteiger partial charge in [0, 0.05) is 36.7 Å². The molecular formula is C17H26N2O4. The van der Waals surface area contributed by atoms with Gasteiger partial charge in [-0.2, -0.15) is 0 Å². The Morgan fingerprint density at radius 1 is 1.17 bits per heavy atom. The maximum Gasteiger partial charge on any atom is 0.223 e. The molecule has 3 N–H and O–H groups in total. The zero-order chi connectivity index (χ0) is 16.7. The standard InChI is InChI=1S/C17H26N2O4/c1-21-14-9-15(22-2)11-16(10-14)23-7-3-6-19-17(20)12-4-5-13(18)8-12/h9-13H,3-8,18H2,1-2H3,(H,19,20). The normalized spacial score (nSPS) is 20.1. The number of benzene rings is 1. The molecule has 2 rings (SSSR count). The van der Waals surface area contributed by atoms with E-state index in [1.165, 1.54) is 0 Å². The zero-order valence-electron chi connectivity index (χ0n) is 13.8. The molecule has 128 valence electrons. The summed E-state index contributed by atoms with van der Waals surface area (Å²) < 4.78 is 16.1. The molecule has 0 aromatic heterocycles. The molecule has 0 saturated heterocycles. The van der Waals surface area contributed by atoms with Crippen molar-refractivity contribution >= 4 is 5.91 Å². The Morgan fingerprint density at radius 3 is 2.39 bits per heavy atom. The van der Waals surface area contributed by atoms with Gasteiger partial charge in [-0.1, -0.05) is 0 Å². The first-order valence-electron chi connectivity index (χ1n) is 8.01. The number of nitrogens with two attached hydrogens (primary N) is 1. The summed E-state index contributed by atoms with van der Waals surface area (Å²) >= 11 is 0. The fraction of sp³-hybridized carbons (Fsp3) is 0.588. The van der Waals surface area contributed by atoms with E-state index >= 15 is 0 Å². The Kier molecular flexibility index (Phi) is 6.52. The number of carbonyl (C=O) groups is 1. The highest BCUT2D eigenvalue weighted by Crippen LogP contribution is 2.27. The summed E-state index contributed by atoms with van der Waals surface area (Å²) in [4.78, 5) is 12.0. The van der Waals surface area contributed by atoms with E-state index in [0.717, 1.165) is 25.7 Å². The van der Waals surface area contributed by atoms with Crippen LogP contribution in [0.1, 0.15) is 25.7 Å². The van der Waals surface area contributed by atoms with Crippen molar-refractivity contribution in [1.29, 1.82) is 0 Å². The number of nitrogens with one attached hydrogen (secondary N) is 1. The van der Waals surface area contributed by atoms with Gasteiger partial charge in [0.15, 0.2) is 0 Å². The summed E-state index contributed by atoms with van der Waals surface area (Å²) in [6.45, 7) is 1.12. The van der Waals surface area contributed by atoms with Crippen LogP contribution in [0.2, 0.25) is 0 Å². The van der Waals surface area contributed by atoms with E-state index in [-0.39, 0.29) is 17.9 Å². The van der Waals surface area contributed by atoms with E-state index in [2.05, 4.69) is 5.32 Å². The number of hydrogen-bond donors (Lipinski definition) is 2. The SMILES string of the molecule is COc1cc(OC)cc(OCCCNC(=O)C2CCC(N)C2)c1. The van der Waals surface area contributed by atoms with Crippen LogP contribution in [0.4, 0.5) is 0 Å². The molecule has 1 aliphatic carbocycles. The van der Waals surface area contributed by atoms with Crippen molar-refractivity contribution in [3.63, 3.8) is 0 Å². The van der Waals surface area contributed by atoms with Crippen molar-refractivity contribution in [3.8, 4) is 17.2 Å². The zero-order valence-corrected chi connectivity index (χ0v) is 13.8. The van der Waals surface area contributed by atoms with Crippen LogP contribution < -0.4 is 25.3 Å². The van der Waals surface area contributed by atoms with Crippen LogP contribution in [-0.4, -0.2) is 39.3 Å². The molecule has 1 aromatic rings. The average Bonchev–Trinajstić information content (AvgIpc) is 3.00. The number of amides is 1. The molecule has 1 aliphatic rings. The van der Waals surface area contributed by atoms with Crippen molar-refractivity contribution in [2.45, 2.75) is 31.7 Å². The Bertz CT molecular complexity index is 499. The van der Waals surface area contributed by atoms with Crippen LogP contribution in [0.3, 0.4) is 0 Å². The molecule has 2 atom stereocenters. The number of carbonyl (C=O) groups excluding carboxylic acids is 1. The Labute approximate surface area is 137 Å². The third-order valence-corrected chi connectivity index (χ3v) is 4.06. The summed E-state index contributed by atoms with van der Waals surface area (Å²) in [6.07, 6.45) is 3.38. The number of hydrogen-bond acceptors (Lipinski definition) is 5. The molecule has 2 unspecified atom stereocenters. The number of ether oxygens (including phenoxy) is 3. The molecule has 0 bridgehead atoms. The quantitative estimate of drug-likeness (QED) is 0.712. The van der Waals surface area contributed by atoms with Crippen molar-refractivity contribution < 1.29 is 19.0 Å². The summed E-state index contributed by atoms with van der Waals surface area (Å²) in [5, 5.41) is 2.95. The second kappa shape index (κ2) is 8.62. The second-order valence-corrected chi connectivity index (χ2v) is 5.81. The molecule has 0 aliphatic heterocycles. The lowest BCUT2D eigenvalue weighted by Gasteiger charge is -2.12. The fourth-order valence-corrected chi connectivity index (χ4v) is 2.74. The summed E-state index contributed by atoms with van der Waals surface area (Å²) in [7, 11) is 3.20. The number of methoxy groups -OCH3 is 2. The highest BCUT2D eigenvalue weighted by molar-refractivity contribution is 5.78. The second-order valence-electron chi connectivity index (χ2n) is 5.81. The largest absolute Gasteiger partial charge is 0.496 e. The molecule has 1 fully saturated rings. The third kappa shape index (κ3) is 5.32. The van der Waals surface area contributed by atoms with Gasteiger partial charge in [-0.15, -0.1) is 0 Å². The van der Waals surface area contributed by atoms with Crippen LogP contribution in [0.25, 0.3) is 0 Å². The minimum absolute atomic E-state index is 0.0774. The Morgan fingerprint density at radius 2 is 1.83 bits per heavy atom. The first-order valence-corrected chi connectivity index (χ1v) is 8.01. The molecule has 1 saturated carbocycles. The predicted octanol–water partition coefficient (Wildman–Crippen LogP) is 1.72. The van der Waals surface area contributed by atoms with E-state index in [1.54, 1.807) is 32.4 Å². The first kappa shape index (κ1) is 17.4. The van der Waals surface area contributed by atoms with Gasteiger partial charge >= 0.3 is 0 Å². The lowest BCUT2D eigenvalue weighted by molar-refractivity contribution is -0.124. The van der Waals surface area contributed by atoms with Crippen LogP contribution in [-0.2, 0) is 4.79 Å². The molecule has 0 heterocycles. The van der Waals surface area contributed by atoms with Crippen molar-refractivity contribution in [2.75, 3.05) is 27.4 Å². The molecule has 6 heteroatoms. The third-order valence-electron chi connectivity index (χ3n) is 4.06. The van der Waals surface area contributed by atoms with E-state index in [9.17, 15) is 4.79 Å². The summed E-state index contributed by atoms with van der Waals surface area (Å²) in [5.74, 6) is 2.25. The van der Waals surface area contributed by atoms with Crippen LogP contribution >= 0.6 is 0 Å². The highest BCUT2D eigenvalue weighted by atomic mass is 16.5. The number of rotatable bonds is 8. The molecule has 23 heavy (non-hydrogen) atoms. The van der Waals surface area contributed by atoms with E-state index in [1.807, 2.05) is 0 Å². The lowest BCUT2D eigenvalue weighted by Crippen LogP contribution is -2.31. The smallest absolute Gasteiger partial charge is 0.223 e. The minimum atomic E-state index is 0.0774. The Hall–Kier alpha value is -1.95. The van der Waals surface area contributed by atoms with Crippen molar-refractivity contribution in [1.82, 2.24) is 5.32 Å². The van der Waals surface area contributed by atoms with Gasteiger partial charge in [-0.3, -0.25) is 4.79 Å². The molecule has 6 nitrogen and oxygen atoms in total. The Balaban J connectivity index is 1.68. The molecule has 1 amide bonds. The first-order chi connectivity index (χ1) is 11.1. The monoisotopic (exact) mass is 322 g/mol. The van der Waals surface area contributed by atoms with Crippen LogP contribution in [0.15, 0.2) is 18.2 Å². The van der Waals surface area contributed by atoms with Gasteiger partial charge < -0.3 is 25.3 Å². The van der Waals surface area contributed by atoms with E-state index < -0.39 is 0 Å². The van der Waals surface area contributed by atoms with Crippen LogP contribution in [0, 0.1) is 5.92 Å². The average molecular weight is 322 g/mol. The van der Waals surface area contributed by atoms with Gasteiger partial charge in [-0.05, 0) is 25.7 Å². The summed E-state index contributed by atoms with van der Waals surface area (Å²) in [6, 6.07) is 5.58. The fourth-order valence-electron chi connectivity index (χ4n) is 2.74. The summed E-state index contributed by atoms with van der Waals surface area (Å²) in [5.41, 5.74) is 5.83. The van der Waals surface area contributed by atoms with Gasteiger partial charge in [0.1, 0.15) is 17.2 Å². The lowest BCUT2D eigenvalue weighted by atomic mass is 10.1. The van der Waals surface area contributed by atoms with Crippen LogP contribution in [0.5, 0.6) is 17.2 Å². The molecular weight excluding hydrogens is 296 g/mol. The van der Waals surface area contributed by atoms with Gasteiger partial charge in [0.25, 0.3) is 0 Å². The maximum absolute atomic E-state index is 12.0. The van der Waals surface area contributed by atoms with Gasteiger partial charge in [0.05, 0.1) is 20.8 Å². The highest BCUT2D eigenvalue weighted by Gasteiger charge is 2.27. The topological polar surface area (TPSA) is 82.8 Å².